The molecular formula is C17H16IrN3-. The van der Waals surface area contributed by atoms with Crippen molar-refractivity contribution >= 4 is 27.5 Å². The van der Waals surface area contributed by atoms with Crippen LogP contribution < -0.4 is 4.90 Å². The van der Waals surface area contributed by atoms with Gasteiger partial charge in [-0.05, 0) is 22.5 Å². The van der Waals surface area contributed by atoms with E-state index in [1.165, 1.54) is 11.4 Å². The Labute approximate surface area is 137 Å². The third-order valence-corrected chi connectivity index (χ3v) is 4.15. The average molecular weight is 455 g/mol. The molecule has 0 spiro atoms. The summed E-state index contributed by atoms with van der Waals surface area (Å²) in [4.78, 5) is 11.7. The van der Waals surface area contributed by atoms with E-state index in [1.807, 2.05) is 12.1 Å². The number of nitrogens with zero attached hydrogens (tertiary/aromatic N) is 3. The molecule has 0 saturated carbocycles. The number of anilines is 1. The van der Waals surface area contributed by atoms with Crippen molar-refractivity contribution in [2.75, 3.05) is 18.5 Å². The van der Waals surface area contributed by atoms with Crippen LogP contribution in [0.2, 0.25) is 0 Å². The summed E-state index contributed by atoms with van der Waals surface area (Å²) in [6.45, 7) is 5.51. The van der Waals surface area contributed by atoms with Gasteiger partial charge in [-0.15, -0.1) is 12.1 Å². The molecule has 1 aliphatic rings. The maximum Gasteiger partial charge on any atom is 0.0604 e. The summed E-state index contributed by atoms with van der Waals surface area (Å²) in [5, 5.41) is 2.17. The first-order valence-corrected chi connectivity index (χ1v) is 6.88. The molecule has 1 aromatic carbocycles. The molecule has 0 fully saturated rings. The van der Waals surface area contributed by atoms with Crippen LogP contribution in [-0.2, 0) is 25.5 Å². The van der Waals surface area contributed by atoms with Crippen LogP contribution >= 0.6 is 0 Å². The fraction of sp³-hybridized carbons (Fsp3) is 0.294. The summed E-state index contributed by atoms with van der Waals surface area (Å²) in [6.07, 6.45) is 1.78. The Morgan fingerprint density at radius 3 is 2.90 bits per heavy atom. The molecule has 0 amide bonds. The van der Waals surface area contributed by atoms with Gasteiger partial charge in [0.05, 0.1) is 11.4 Å². The largest absolute Gasteiger partial charge is 0.372 e. The number of aromatic nitrogens is 2. The molecule has 0 unspecified atom stereocenters. The molecule has 1 aliphatic heterocycles. The first kappa shape index (κ1) is 14.4. The molecule has 4 heteroatoms. The second kappa shape index (κ2) is 4.75. The first-order chi connectivity index (χ1) is 9.56. The SMILES string of the molecule is CN1CC(C)(C)c2nc3c(ccc4ncc[c-]c43)cc21.[Ir]. The van der Waals surface area contributed by atoms with E-state index in [-0.39, 0.29) is 25.5 Å². The fourth-order valence-electron chi connectivity index (χ4n) is 3.25. The quantitative estimate of drug-likeness (QED) is 0.386. The summed E-state index contributed by atoms with van der Waals surface area (Å²) in [7, 11) is 2.13. The van der Waals surface area contributed by atoms with Crippen molar-refractivity contribution in [2.24, 2.45) is 0 Å². The normalized spacial score (nSPS) is 16.0. The van der Waals surface area contributed by atoms with Crippen LogP contribution in [0.5, 0.6) is 0 Å². The third-order valence-electron chi connectivity index (χ3n) is 4.15. The second-order valence-corrected chi connectivity index (χ2v) is 6.22. The van der Waals surface area contributed by atoms with Crippen molar-refractivity contribution < 1.29 is 20.1 Å². The number of hydrogen-bond donors (Lipinski definition) is 0. The van der Waals surface area contributed by atoms with E-state index in [9.17, 15) is 0 Å². The zero-order valence-electron chi connectivity index (χ0n) is 12.3. The van der Waals surface area contributed by atoms with Crippen molar-refractivity contribution in [2.45, 2.75) is 19.3 Å². The van der Waals surface area contributed by atoms with Crippen molar-refractivity contribution in [1.29, 1.82) is 0 Å². The second-order valence-electron chi connectivity index (χ2n) is 6.22. The van der Waals surface area contributed by atoms with Gasteiger partial charge in [-0.2, -0.15) is 0 Å². The number of rotatable bonds is 0. The van der Waals surface area contributed by atoms with Gasteiger partial charge in [-0.3, -0.25) is 4.98 Å². The molecule has 1 radical (unpaired) electrons. The first-order valence-electron chi connectivity index (χ1n) is 6.88. The number of hydrogen-bond acceptors (Lipinski definition) is 3. The molecule has 0 aliphatic carbocycles. The van der Waals surface area contributed by atoms with Crippen LogP contribution in [0.4, 0.5) is 5.69 Å². The van der Waals surface area contributed by atoms with Crippen molar-refractivity contribution in [3.8, 4) is 0 Å². The summed E-state index contributed by atoms with van der Waals surface area (Å²) in [5.74, 6) is 0. The van der Waals surface area contributed by atoms with Gasteiger partial charge >= 0.3 is 0 Å². The van der Waals surface area contributed by atoms with E-state index in [1.54, 1.807) is 6.20 Å². The molecule has 4 rings (SSSR count). The molecular weight excluding hydrogens is 438 g/mol. The predicted octanol–water partition coefficient (Wildman–Crippen LogP) is 3.31. The monoisotopic (exact) mass is 455 g/mol. The minimum absolute atomic E-state index is 0. The molecule has 0 N–H and O–H groups in total. The molecule has 3 nitrogen and oxygen atoms in total. The van der Waals surface area contributed by atoms with E-state index >= 15 is 0 Å². The van der Waals surface area contributed by atoms with Gasteiger partial charge in [-0.1, -0.05) is 37.6 Å². The number of benzene rings is 1. The predicted molar refractivity (Wildman–Crippen MR) is 82.2 cm³/mol. The summed E-state index contributed by atoms with van der Waals surface area (Å²) >= 11 is 0. The van der Waals surface area contributed by atoms with Crippen molar-refractivity contribution in [3.05, 3.63) is 42.2 Å². The summed E-state index contributed by atoms with van der Waals surface area (Å²) in [5.41, 5.74) is 4.47. The Morgan fingerprint density at radius 2 is 2.10 bits per heavy atom. The van der Waals surface area contributed by atoms with Crippen LogP contribution in [-0.4, -0.2) is 23.6 Å². The molecule has 3 heterocycles. The van der Waals surface area contributed by atoms with Crippen LogP contribution in [0.1, 0.15) is 19.5 Å². The Bertz CT molecular complexity index is 842. The van der Waals surface area contributed by atoms with E-state index in [4.69, 9.17) is 4.98 Å². The van der Waals surface area contributed by atoms with Gasteiger partial charge in [0.2, 0.25) is 0 Å². The molecule has 3 aromatic rings. The standard InChI is InChI=1S/C17H16N3.Ir/c1-17(2)10-20(3)14-9-11-6-7-13-12(5-4-8-18-13)15(11)19-16(14)17;/h4,6-9H,10H2,1-3H3;/q-1;. The zero-order valence-corrected chi connectivity index (χ0v) is 14.7. The smallest absolute Gasteiger partial charge is 0.0604 e. The Balaban J connectivity index is 0.00000132. The van der Waals surface area contributed by atoms with Crippen molar-refractivity contribution in [3.63, 3.8) is 0 Å². The topological polar surface area (TPSA) is 29.0 Å². The molecule has 109 valence electrons. The van der Waals surface area contributed by atoms with Gasteiger partial charge < -0.3 is 9.88 Å². The molecule has 21 heavy (non-hydrogen) atoms. The van der Waals surface area contributed by atoms with E-state index in [0.29, 0.717) is 0 Å². The molecule has 0 atom stereocenters. The number of pyridine rings is 2. The van der Waals surface area contributed by atoms with E-state index < -0.39 is 0 Å². The zero-order chi connectivity index (χ0) is 13.9. The Morgan fingerprint density at radius 1 is 1.29 bits per heavy atom. The van der Waals surface area contributed by atoms with E-state index in [2.05, 4.69) is 49.0 Å². The Kier molecular flexibility index (Phi) is 3.27. The maximum atomic E-state index is 4.97. The van der Waals surface area contributed by atoms with Crippen LogP contribution in [0.3, 0.4) is 0 Å². The van der Waals surface area contributed by atoms with Crippen molar-refractivity contribution in [1.82, 2.24) is 9.97 Å². The fourth-order valence-corrected chi connectivity index (χ4v) is 3.25. The number of likely N-dealkylation sites (N-methyl/N-ethyl adjacent to an activating group) is 1. The summed E-state index contributed by atoms with van der Waals surface area (Å²) < 4.78 is 0. The van der Waals surface area contributed by atoms with Gasteiger partial charge in [-0.25, -0.2) is 0 Å². The Hall–Kier alpha value is -1.51. The third kappa shape index (κ3) is 2.05. The molecule has 2 aromatic heterocycles. The van der Waals surface area contributed by atoms with Gasteiger partial charge in [0.25, 0.3) is 0 Å². The minimum Gasteiger partial charge on any atom is -0.372 e. The summed E-state index contributed by atoms with van der Waals surface area (Å²) in [6, 6.07) is 11.5. The van der Waals surface area contributed by atoms with Crippen LogP contribution in [0.15, 0.2) is 30.5 Å². The molecule has 0 bridgehead atoms. The number of fused-ring (bicyclic) bond motifs is 4. The maximum absolute atomic E-state index is 4.97. The van der Waals surface area contributed by atoms with Gasteiger partial charge in [0.1, 0.15) is 0 Å². The van der Waals surface area contributed by atoms with Crippen LogP contribution in [0.25, 0.3) is 21.8 Å². The van der Waals surface area contributed by atoms with E-state index in [0.717, 1.165) is 28.4 Å². The van der Waals surface area contributed by atoms with Gasteiger partial charge in [0, 0.05) is 39.1 Å². The average Bonchev–Trinajstić information content (AvgIpc) is 2.66. The molecule has 0 saturated heterocycles. The minimum atomic E-state index is 0. The van der Waals surface area contributed by atoms with Gasteiger partial charge in [0.15, 0.2) is 0 Å². The van der Waals surface area contributed by atoms with Crippen LogP contribution in [0, 0.1) is 6.07 Å².